The van der Waals surface area contributed by atoms with Gasteiger partial charge in [-0.05, 0) is 30.3 Å². The molecule has 2 aliphatic rings. The molecule has 1 unspecified atom stereocenters. The minimum absolute atomic E-state index is 0.105. The Morgan fingerprint density at radius 1 is 1.22 bits per heavy atom. The van der Waals surface area contributed by atoms with Crippen LogP contribution in [0.4, 0.5) is 4.39 Å². The number of ether oxygens (including phenoxy) is 3. The minimum Gasteiger partial charge on any atom is -0.484 e. The van der Waals surface area contributed by atoms with Gasteiger partial charge in [0.25, 0.3) is 0 Å². The molecule has 0 radical (unpaired) electrons. The zero-order valence-corrected chi connectivity index (χ0v) is 12.7. The van der Waals surface area contributed by atoms with Crippen molar-refractivity contribution in [1.82, 2.24) is 0 Å². The van der Waals surface area contributed by atoms with Gasteiger partial charge in [0.05, 0.1) is 18.6 Å². The maximum absolute atomic E-state index is 13.3. The molecule has 4 nitrogen and oxygen atoms in total. The van der Waals surface area contributed by atoms with E-state index in [0.29, 0.717) is 28.7 Å². The van der Waals surface area contributed by atoms with E-state index in [1.165, 1.54) is 18.2 Å². The van der Waals surface area contributed by atoms with Gasteiger partial charge in [0, 0.05) is 16.1 Å². The molecular weight excluding hydrogens is 323 g/mol. The molecule has 23 heavy (non-hydrogen) atoms. The highest BCUT2D eigenvalue weighted by Crippen LogP contribution is 2.42. The van der Waals surface area contributed by atoms with Gasteiger partial charge >= 0.3 is 0 Å². The third-order valence-electron chi connectivity index (χ3n) is 3.93. The van der Waals surface area contributed by atoms with Gasteiger partial charge in [0.1, 0.15) is 23.4 Å². The highest BCUT2D eigenvalue weighted by molar-refractivity contribution is 6.30. The summed E-state index contributed by atoms with van der Waals surface area (Å²) >= 11 is 6.16. The number of benzene rings is 2. The summed E-state index contributed by atoms with van der Waals surface area (Å²) in [5.74, 6) is 0.383. The molecule has 0 aliphatic carbocycles. The first-order valence-electron chi connectivity index (χ1n) is 7.14. The third kappa shape index (κ3) is 2.56. The van der Waals surface area contributed by atoms with E-state index < -0.39 is 11.9 Å². The van der Waals surface area contributed by atoms with Crippen molar-refractivity contribution in [1.29, 1.82) is 0 Å². The monoisotopic (exact) mass is 334 g/mol. The Kier molecular flexibility index (Phi) is 3.47. The SMILES string of the molecule is O=C1CC(c2cc(Cl)cc3c2OCOC3)Oc2ccc(F)cc21. The maximum Gasteiger partial charge on any atom is 0.189 e. The molecule has 118 valence electrons. The lowest BCUT2D eigenvalue weighted by Crippen LogP contribution is -2.23. The molecule has 2 aromatic rings. The number of fused-ring (bicyclic) bond motifs is 2. The van der Waals surface area contributed by atoms with Crippen molar-refractivity contribution in [2.45, 2.75) is 19.1 Å². The summed E-state index contributed by atoms with van der Waals surface area (Å²) in [6, 6.07) is 7.44. The lowest BCUT2D eigenvalue weighted by Gasteiger charge is -2.29. The standard InChI is InChI=1S/C17H12ClFO4/c18-10-3-9-7-21-8-22-17(9)13(4-10)16-6-14(20)12-5-11(19)1-2-15(12)23-16/h1-5,16H,6-8H2. The van der Waals surface area contributed by atoms with Crippen LogP contribution in [0, 0.1) is 5.82 Å². The van der Waals surface area contributed by atoms with E-state index in [2.05, 4.69) is 0 Å². The van der Waals surface area contributed by atoms with E-state index in [1.807, 2.05) is 0 Å². The highest BCUT2D eigenvalue weighted by Gasteiger charge is 2.31. The number of Topliss-reactive ketones (excluding diaryl/α,β-unsaturated/α-hetero) is 1. The van der Waals surface area contributed by atoms with Gasteiger partial charge in [-0.2, -0.15) is 0 Å². The molecule has 4 rings (SSSR count). The number of carbonyl (C=O) groups is 1. The quantitative estimate of drug-likeness (QED) is 0.789. The van der Waals surface area contributed by atoms with E-state index in [0.717, 1.165) is 5.56 Å². The number of ketones is 1. The van der Waals surface area contributed by atoms with Crippen LogP contribution < -0.4 is 9.47 Å². The summed E-state index contributed by atoms with van der Waals surface area (Å²) in [5.41, 5.74) is 1.79. The fourth-order valence-electron chi connectivity index (χ4n) is 2.92. The first kappa shape index (κ1) is 14.5. The summed E-state index contributed by atoms with van der Waals surface area (Å²) in [7, 11) is 0. The average molecular weight is 335 g/mol. The Balaban J connectivity index is 1.76. The number of hydrogen-bond donors (Lipinski definition) is 0. The first-order chi connectivity index (χ1) is 11.1. The molecule has 0 aromatic heterocycles. The minimum atomic E-state index is -0.522. The third-order valence-corrected chi connectivity index (χ3v) is 4.15. The predicted molar refractivity (Wildman–Crippen MR) is 80.5 cm³/mol. The summed E-state index contributed by atoms with van der Waals surface area (Å²) in [5, 5.41) is 0.522. The second-order valence-corrected chi connectivity index (χ2v) is 5.90. The van der Waals surface area contributed by atoms with Crippen LogP contribution in [0.25, 0.3) is 0 Å². The topological polar surface area (TPSA) is 44.8 Å². The largest absolute Gasteiger partial charge is 0.484 e. The molecule has 0 spiro atoms. The van der Waals surface area contributed by atoms with Crippen molar-refractivity contribution in [2.24, 2.45) is 0 Å². The Bertz CT molecular complexity index is 805. The van der Waals surface area contributed by atoms with E-state index >= 15 is 0 Å². The van der Waals surface area contributed by atoms with E-state index in [4.69, 9.17) is 25.8 Å². The van der Waals surface area contributed by atoms with Gasteiger partial charge < -0.3 is 14.2 Å². The van der Waals surface area contributed by atoms with E-state index in [9.17, 15) is 9.18 Å². The van der Waals surface area contributed by atoms with Crippen LogP contribution in [-0.2, 0) is 11.3 Å². The lowest BCUT2D eigenvalue weighted by molar-refractivity contribution is -0.0183. The van der Waals surface area contributed by atoms with E-state index in [1.54, 1.807) is 12.1 Å². The molecule has 0 fully saturated rings. The number of rotatable bonds is 1. The van der Waals surface area contributed by atoms with Crippen LogP contribution in [0.15, 0.2) is 30.3 Å². The van der Waals surface area contributed by atoms with Gasteiger partial charge in [-0.15, -0.1) is 0 Å². The Labute approximate surface area is 136 Å². The van der Waals surface area contributed by atoms with Crippen LogP contribution in [0.2, 0.25) is 5.02 Å². The smallest absolute Gasteiger partial charge is 0.189 e. The zero-order valence-electron chi connectivity index (χ0n) is 12.0. The molecule has 6 heteroatoms. The lowest BCUT2D eigenvalue weighted by atomic mass is 9.94. The summed E-state index contributed by atoms with van der Waals surface area (Å²) in [6.07, 6.45) is -0.418. The zero-order chi connectivity index (χ0) is 16.0. The Hall–Kier alpha value is -2.11. The van der Waals surface area contributed by atoms with Crippen molar-refractivity contribution in [2.75, 3.05) is 6.79 Å². The predicted octanol–water partition coefficient (Wildman–Crippen LogP) is 4.05. The van der Waals surface area contributed by atoms with Crippen molar-refractivity contribution in [3.8, 4) is 11.5 Å². The second-order valence-electron chi connectivity index (χ2n) is 5.47. The fourth-order valence-corrected chi connectivity index (χ4v) is 3.17. The summed E-state index contributed by atoms with van der Waals surface area (Å²) in [4.78, 5) is 12.3. The molecule has 0 saturated heterocycles. The summed E-state index contributed by atoms with van der Waals surface area (Å²) < 4.78 is 30.0. The molecule has 2 aliphatic heterocycles. The molecule has 0 N–H and O–H groups in total. The van der Waals surface area contributed by atoms with Crippen molar-refractivity contribution >= 4 is 17.4 Å². The normalized spacial score (nSPS) is 19.4. The average Bonchev–Trinajstić information content (AvgIpc) is 2.54. The van der Waals surface area contributed by atoms with Gasteiger partial charge in [0.2, 0.25) is 0 Å². The molecule has 0 bridgehead atoms. The van der Waals surface area contributed by atoms with Gasteiger partial charge in [-0.1, -0.05) is 11.6 Å². The van der Waals surface area contributed by atoms with Crippen molar-refractivity contribution < 1.29 is 23.4 Å². The van der Waals surface area contributed by atoms with E-state index in [-0.39, 0.29) is 24.6 Å². The highest BCUT2D eigenvalue weighted by atomic mass is 35.5. The van der Waals surface area contributed by atoms with Gasteiger partial charge in [0.15, 0.2) is 12.6 Å². The first-order valence-corrected chi connectivity index (χ1v) is 7.52. The number of hydrogen-bond acceptors (Lipinski definition) is 4. The number of halogens is 2. The Morgan fingerprint density at radius 3 is 2.96 bits per heavy atom. The molecular formula is C17H12ClFO4. The second kappa shape index (κ2) is 5.51. The van der Waals surface area contributed by atoms with Gasteiger partial charge in [-0.25, -0.2) is 4.39 Å². The number of carbonyl (C=O) groups excluding carboxylic acids is 1. The molecule has 1 atom stereocenters. The summed E-state index contributed by atoms with van der Waals surface area (Å²) in [6.45, 7) is 0.537. The maximum atomic E-state index is 13.3. The van der Waals surface area contributed by atoms with Crippen molar-refractivity contribution in [3.05, 3.63) is 57.9 Å². The Morgan fingerprint density at radius 2 is 2.09 bits per heavy atom. The molecule has 2 heterocycles. The molecule has 0 saturated carbocycles. The fraction of sp³-hybridized carbons (Fsp3) is 0.235. The van der Waals surface area contributed by atoms with Crippen LogP contribution in [0.5, 0.6) is 11.5 Å². The van der Waals surface area contributed by atoms with Crippen LogP contribution in [0.3, 0.4) is 0 Å². The molecule has 0 amide bonds. The van der Waals surface area contributed by atoms with Crippen LogP contribution >= 0.6 is 11.6 Å². The molecule has 2 aromatic carbocycles. The van der Waals surface area contributed by atoms with Gasteiger partial charge in [-0.3, -0.25) is 4.79 Å². The van der Waals surface area contributed by atoms with Crippen molar-refractivity contribution in [3.63, 3.8) is 0 Å². The van der Waals surface area contributed by atoms with Crippen LogP contribution in [-0.4, -0.2) is 12.6 Å². The van der Waals surface area contributed by atoms with Crippen LogP contribution in [0.1, 0.15) is 34.0 Å².